The monoisotopic (exact) mass is 176 g/mol. The number of nitrogens with zero attached hydrogens (tertiary/aromatic N) is 1. The van der Waals surface area contributed by atoms with Gasteiger partial charge in [0.1, 0.15) is 13.6 Å². The third kappa shape index (κ3) is 3.88. The van der Waals surface area contributed by atoms with Crippen molar-refractivity contribution in [3.8, 4) is 0 Å². The average molecular weight is 176 g/mol. The summed E-state index contributed by atoms with van der Waals surface area (Å²) in [5.74, 6) is 0. The van der Waals surface area contributed by atoms with Gasteiger partial charge in [0.2, 0.25) is 0 Å². The Balaban J connectivity index is 2.55. The van der Waals surface area contributed by atoms with Crippen LogP contribution >= 0.6 is 0 Å². The summed E-state index contributed by atoms with van der Waals surface area (Å²) in [5.41, 5.74) is 1.28. The molecule has 0 saturated heterocycles. The summed E-state index contributed by atoms with van der Waals surface area (Å²) >= 11 is 0. The molecule has 1 aromatic rings. The van der Waals surface area contributed by atoms with Crippen LogP contribution in [0.4, 0.5) is 0 Å². The molecule has 0 aliphatic rings. The van der Waals surface area contributed by atoms with E-state index in [1.807, 2.05) is 6.07 Å². The first-order valence-electron chi connectivity index (χ1n) is 4.93. The van der Waals surface area contributed by atoms with Gasteiger partial charge in [-0.25, -0.2) is 4.58 Å². The highest BCUT2D eigenvalue weighted by atomic mass is 14.9. The fraction of sp³-hybridized carbons (Fsp3) is 0.417. The molecule has 0 amide bonds. The topological polar surface area (TPSA) is 3.01 Å². The highest BCUT2D eigenvalue weighted by molar-refractivity contribution is 5.75. The third-order valence-corrected chi connectivity index (χ3v) is 2.03. The molecule has 13 heavy (non-hydrogen) atoms. The van der Waals surface area contributed by atoms with E-state index in [-0.39, 0.29) is 0 Å². The minimum Gasteiger partial charge on any atom is -0.238 e. The number of rotatable bonds is 4. The predicted molar refractivity (Wildman–Crippen MR) is 57.6 cm³/mol. The second-order valence-electron chi connectivity index (χ2n) is 3.37. The van der Waals surface area contributed by atoms with Gasteiger partial charge in [-0.1, -0.05) is 31.5 Å². The largest absolute Gasteiger partial charge is 0.238 e. The zero-order valence-corrected chi connectivity index (χ0v) is 8.53. The summed E-state index contributed by atoms with van der Waals surface area (Å²) in [6.45, 7) is 3.36. The zero-order valence-electron chi connectivity index (χ0n) is 8.53. The number of unbranched alkanes of at least 4 members (excludes halogenated alkanes) is 1. The maximum atomic E-state index is 2.25. The molecule has 0 spiro atoms. The Hall–Kier alpha value is -1.11. The van der Waals surface area contributed by atoms with Gasteiger partial charge < -0.3 is 0 Å². The maximum Gasteiger partial charge on any atom is 0.170 e. The highest BCUT2D eigenvalue weighted by Gasteiger charge is 1.95. The van der Waals surface area contributed by atoms with E-state index in [0.29, 0.717) is 0 Å². The third-order valence-electron chi connectivity index (χ3n) is 2.03. The molecule has 0 radical (unpaired) electrons. The van der Waals surface area contributed by atoms with Crippen LogP contribution in [0, 0.1) is 0 Å². The molecular formula is C12H18N+. The van der Waals surface area contributed by atoms with Gasteiger partial charge in [-0.2, -0.15) is 0 Å². The van der Waals surface area contributed by atoms with Gasteiger partial charge in [0.25, 0.3) is 0 Å². The first-order valence-corrected chi connectivity index (χ1v) is 4.93. The van der Waals surface area contributed by atoms with E-state index in [0.717, 1.165) is 6.54 Å². The second kappa shape index (κ2) is 5.52. The van der Waals surface area contributed by atoms with E-state index in [1.54, 1.807) is 0 Å². The SMILES string of the molecule is CCCC[N+](C)=Cc1ccccc1. The van der Waals surface area contributed by atoms with Gasteiger partial charge in [0.15, 0.2) is 6.21 Å². The van der Waals surface area contributed by atoms with E-state index in [2.05, 4.69) is 49.0 Å². The van der Waals surface area contributed by atoms with Gasteiger partial charge in [-0.3, -0.25) is 0 Å². The first kappa shape index (κ1) is 9.97. The lowest BCUT2D eigenvalue weighted by atomic mass is 10.2. The van der Waals surface area contributed by atoms with Gasteiger partial charge in [-0.15, -0.1) is 0 Å². The molecule has 70 valence electrons. The Kier molecular flexibility index (Phi) is 4.24. The zero-order chi connectivity index (χ0) is 9.52. The van der Waals surface area contributed by atoms with Crippen molar-refractivity contribution >= 4 is 6.21 Å². The van der Waals surface area contributed by atoms with Crippen LogP contribution in [0.1, 0.15) is 25.3 Å². The average Bonchev–Trinajstić information content (AvgIpc) is 2.16. The Morgan fingerprint density at radius 2 is 1.92 bits per heavy atom. The molecule has 1 rings (SSSR count). The van der Waals surface area contributed by atoms with E-state index in [1.165, 1.54) is 18.4 Å². The molecule has 1 nitrogen and oxygen atoms in total. The molecule has 0 aliphatic heterocycles. The van der Waals surface area contributed by atoms with Crippen molar-refractivity contribution in [3.63, 3.8) is 0 Å². The minimum absolute atomic E-state index is 1.14. The van der Waals surface area contributed by atoms with Crippen LogP contribution in [-0.2, 0) is 0 Å². The smallest absolute Gasteiger partial charge is 0.170 e. The Morgan fingerprint density at radius 3 is 2.54 bits per heavy atom. The van der Waals surface area contributed by atoms with Gasteiger partial charge in [-0.05, 0) is 12.1 Å². The van der Waals surface area contributed by atoms with E-state index in [4.69, 9.17) is 0 Å². The van der Waals surface area contributed by atoms with Crippen molar-refractivity contribution in [1.82, 2.24) is 0 Å². The fourth-order valence-electron chi connectivity index (χ4n) is 1.27. The second-order valence-corrected chi connectivity index (χ2v) is 3.37. The van der Waals surface area contributed by atoms with Gasteiger partial charge in [0, 0.05) is 12.0 Å². The standard InChI is InChI=1S/C12H18N/c1-3-4-10-13(2)11-12-8-6-5-7-9-12/h5-9,11H,3-4,10H2,1-2H3/q+1. The van der Waals surface area contributed by atoms with E-state index >= 15 is 0 Å². The molecule has 1 heteroatoms. The summed E-state index contributed by atoms with van der Waals surface area (Å²) in [7, 11) is 2.13. The first-order chi connectivity index (χ1) is 6.33. The minimum atomic E-state index is 1.14. The highest BCUT2D eigenvalue weighted by Crippen LogP contribution is 1.94. The summed E-state index contributed by atoms with van der Waals surface area (Å²) < 4.78 is 2.25. The van der Waals surface area contributed by atoms with Crippen molar-refractivity contribution in [1.29, 1.82) is 0 Å². The Labute approximate surface area is 80.7 Å². The van der Waals surface area contributed by atoms with E-state index < -0.39 is 0 Å². The lowest BCUT2D eigenvalue weighted by Gasteiger charge is -1.95. The molecule has 0 N–H and O–H groups in total. The Morgan fingerprint density at radius 1 is 1.23 bits per heavy atom. The normalized spacial score (nSPS) is 11.7. The lowest BCUT2D eigenvalue weighted by Crippen LogP contribution is -2.09. The molecule has 0 saturated carbocycles. The van der Waals surface area contributed by atoms with Crippen LogP contribution < -0.4 is 0 Å². The van der Waals surface area contributed by atoms with Crippen LogP contribution in [-0.4, -0.2) is 24.4 Å². The Bertz CT molecular complexity index is 262. The molecule has 0 fully saturated rings. The van der Waals surface area contributed by atoms with E-state index in [9.17, 15) is 0 Å². The quantitative estimate of drug-likeness (QED) is 0.490. The van der Waals surface area contributed by atoms with Crippen molar-refractivity contribution in [2.75, 3.05) is 13.6 Å². The van der Waals surface area contributed by atoms with Crippen LogP contribution in [0.5, 0.6) is 0 Å². The van der Waals surface area contributed by atoms with Crippen molar-refractivity contribution in [3.05, 3.63) is 35.9 Å². The molecule has 1 aromatic carbocycles. The lowest BCUT2D eigenvalue weighted by molar-refractivity contribution is -0.492. The van der Waals surface area contributed by atoms with Crippen molar-refractivity contribution in [2.45, 2.75) is 19.8 Å². The summed E-state index contributed by atoms with van der Waals surface area (Å²) in [6, 6.07) is 10.4. The van der Waals surface area contributed by atoms with Gasteiger partial charge in [0.05, 0.1) is 0 Å². The fourth-order valence-corrected chi connectivity index (χ4v) is 1.27. The van der Waals surface area contributed by atoms with Crippen LogP contribution in [0.25, 0.3) is 0 Å². The summed E-state index contributed by atoms with van der Waals surface area (Å²) in [6.07, 6.45) is 4.71. The molecule has 0 aliphatic carbocycles. The number of hydrogen-bond acceptors (Lipinski definition) is 0. The number of hydrogen-bond donors (Lipinski definition) is 0. The molecule has 0 unspecified atom stereocenters. The molecule has 0 bridgehead atoms. The van der Waals surface area contributed by atoms with Crippen molar-refractivity contribution < 1.29 is 4.58 Å². The van der Waals surface area contributed by atoms with Crippen LogP contribution in [0.15, 0.2) is 30.3 Å². The molecular weight excluding hydrogens is 158 g/mol. The van der Waals surface area contributed by atoms with Crippen LogP contribution in [0.3, 0.4) is 0 Å². The maximum absolute atomic E-state index is 2.25. The molecule has 0 heterocycles. The predicted octanol–water partition coefficient (Wildman–Crippen LogP) is 2.55. The van der Waals surface area contributed by atoms with Crippen molar-refractivity contribution in [2.24, 2.45) is 0 Å². The molecule has 0 atom stereocenters. The number of benzene rings is 1. The summed E-state index contributed by atoms with van der Waals surface area (Å²) in [4.78, 5) is 0. The molecule has 0 aromatic heterocycles. The van der Waals surface area contributed by atoms with Crippen LogP contribution in [0.2, 0.25) is 0 Å². The summed E-state index contributed by atoms with van der Waals surface area (Å²) in [5, 5.41) is 0. The van der Waals surface area contributed by atoms with Gasteiger partial charge >= 0.3 is 0 Å².